The van der Waals surface area contributed by atoms with Crippen LogP contribution in [0.2, 0.25) is 5.02 Å². The number of rotatable bonds is 2. The first-order valence-corrected chi connectivity index (χ1v) is 8.80. The number of aryl methyl sites for hydroxylation is 1. The molecular weight excluding hydrogens is 374 g/mol. The van der Waals surface area contributed by atoms with Gasteiger partial charge in [-0.1, -0.05) is 70.2 Å². The average molecular weight is 390 g/mol. The van der Waals surface area contributed by atoms with Gasteiger partial charge in [0.2, 0.25) is 3.79 Å². The highest BCUT2D eigenvalue weighted by molar-refractivity contribution is 6.68. The molecule has 1 atom stereocenters. The molecule has 0 spiro atoms. The minimum Gasteiger partial charge on any atom is -0.346 e. The third kappa shape index (κ3) is 3.66. The van der Waals surface area contributed by atoms with E-state index in [4.69, 9.17) is 46.4 Å². The third-order valence-corrected chi connectivity index (χ3v) is 4.79. The molecule has 3 rings (SSSR count). The maximum Gasteiger partial charge on any atom is 0.228 e. The first-order chi connectivity index (χ1) is 10.9. The minimum atomic E-state index is -1.45. The smallest absolute Gasteiger partial charge is 0.228 e. The Balaban J connectivity index is 1.98. The molecule has 1 saturated heterocycles. The van der Waals surface area contributed by atoms with Crippen molar-refractivity contribution < 1.29 is 0 Å². The predicted octanol–water partition coefficient (Wildman–Crippen LogP) is 5.67. The van der Waals surface area contributed by atoms with Crippen molar-refractivity contribution in [2.24, 2.45) is 0 Å². The van der Waals surface area contributed by atoms with Crippen LogP contribution in [0.3, 0.4) is 0 Å². The zero-order valence-corrected chi connectivity index (χ0v) is 15.5. The van der Waals surface area contributed by atoms with Gasteiger partial charge in [-0.3, -0.25) is 0 Å². The van der Waals surface area contributed by atoms with Gasteiger partial charge < -0.3 is 9.80 Å². The molecule has 122 valence electrons. The molecule has 0 amide bonds. The van der Waals surface area contributed by atoms with E-state index in [0.717, 1.165) is 24.5 Å². The summed E-state index contributed by atoms with van der Waals surface area (Å²) in [5.74, 6) is 0. The molecule has 2 aromatic carbocycles. The molecular formula is C17H16Cl4N2. The van der Waals surface area contributed by atoms with E-state index in [9.17, 15) is 0 Å². The van der Waals surface area contributed by atoms with E-state index in [2.05, 4.69) is 41.0 Å². The Morgan fingerprint density at radius 1 is 0.913 bits per heavy atom. The Morgan fingerprint density at radius 2 is 1.52 bits per heavy atom. The topological polar surface area (TPSA) is 6.48 Å². The van der Waals surface area contributed by atoms with E-state index in [1.165, 1.54) is 5.56 Å². The molecule has 0 aliphatic carbocycles. The van der Waals surface area contributed by atoms with Crippen LogP contribution in [0, 0.1) is 6.92 Å². The monoisotopic (exact) mass is 388 g/mol. The Hall–Kier alpha value is -0.800. The summed E-state index contributed by atoms with van der Waals surface area (Å²) in [4.78, 5) is 4.20. The van der Waals surface area contributed by atoms with Crippen molar-refractivity contribution >= 4 is 57.8 Å². The van der Waals surface area contributed by atoms with E-state index in [-0.39, 0.29) is 0 Å². The first kappa shape index (κ1) is 17.0. The third-order valence-electron chi connectivity index (χ3n) is 3.97. The number of anilines is 2. The molecule has 6 heteroatoms. The molecule has 23 heavy (non-hydrogen) atoms. The highest BCUT2D eigenvalue weighted by atomic mass is 35.6. The normalized spacial score (nSPS) is 18.6. The summed E-state index contributed by atoms with van der Waals surface area (Å²) in [7, 11) is 0. The molecule has 1 fully saturated rings. The van der Waals surface area contributed by atoms with Gasteiger partial charge in [0, 0.05) is 29.5 Å². The second-order valence-corrected chi connectivity index (χ2v) is 8.42. The molecule has 1 heterocycles. The predicted molar refractivity (Wildman–Crippen MR) is 101 cm³/mol. The lowest BCUT2D eigenvalue weighted by Crippen LogP contribution is -2.48. The van der Waals surface area contributed by atoms with Gasteiger partial charge in [-0.05, 0) is 37.3 Å². The van der Waals surface area contributed by atoms with E-state index in [1.54, 1.807) is 0 Å². The lowest BCUT2D eigenvalue weighted by molar-refractivity contribution is 0.681. The van der Waals surface area contributed by atoms with Gasteiger partial charge in [0.05, 0.1) is 0 Å². The minimum absolute atomic E-state index is 0.395. The lowest BCUT2D eigenvalue weighted by Gasteiger charge is -2.37. The van der Waals surface area contributed by atoms with Gasteiger partial charge in [-0.25, -0.2) is 0 Å². The fourth-order valence-electron chi connectivity index (χ4n) is 2.91. The summed E-state index contributed by atoms with van der Waals surface area (Å²) in [6, 6.07) is 15.8. The van der Waals surface area contributed by atoms with Crippen LogP contribution in [-0.2, 0) is 0 Å². The number of benzene rings is 2. The van der Waals surface area contributed by atoms with Crippen LogP contribution in [0.15, 0.2) is 48.5 Å². The number of halogens is 4. The van der Waals surface area contributed by atoms with Crippen molar-refractivity contribution in [3.63, 3.8) is 0 Å². The summed E-state index contributed by atoms with van der Waals surface area (Å²) >= 11 is 25.1. The lowest BCUT2D eigenvalue weighted by atomic mass is 10.2. The molecule has 1 aliphatic heterocycles. The number of alkyl halides is 3. The van der Waals surface area contributed by atoms with Gasteiger partial charge in [0.15, 0.2) is 6.17 Å². The number of nitrogens with zero attached hydrogens (tertiary/aromatic N) is 2. The summed E-state index contributed by atoms with van der Waals surface area (Å²) < 4.78 is -1.45. The van der Waals surface area contributed by atoms with Crippen molar-refractivity contribution in [3.05, 3.63) is 59.1 Å². The van der Waals surface area contributed by atoms with Gasteiger partial charge in [0.1, 0.15) is 0 Å². The van der Waals surface area contributed by atoms with Gasteiger partial charge >= 0.3 is 0 Å². The standard InChI is InChI=1S/C17H16Cl4N2/c1-12-5-7-14(8-6-12)22-9-10-23(16(22)17(19,20)21)15-4-2-3-13(18)11-15/h2-8,11,16H,9-10H2,1H3. The van der Waals surface area contributed by atoms with Gasteiger partial charge in [0.25, 0.3) is 0 Å². The largest absolute Gasteiger partial charge is 0.346 e. The molecule has 2 nitrogen and oxygen atoms in total. The van der Waals surface area contributed by atoms with E-state index < -0.39 is 9.96 Å². The summed E-state index contributed by atoms with van der Waals surface area (Å²) in [6.45, 7) is 3.58. The molecule has 0 N–H and O–H groups in total. The van der Waals surface area contributed by atoms with Crippen molar-refractivity contribution in [1.29, 1.82) is 0 Å². The van der Waals surface area contributed by atoms with Crippen LogP contribution in [0.4, 0.5) is 11.4 Å². The molecule has 0 bridgehead atoms. The van der Waals surface area contributed by atoms with Crippen molar-refractivity contribution in [3.8, 4) is 0 Å². The molecule has 0 aromatic heterocycles. The summed E-state index contributed by atoms with van der Waals surface area (Å²) in [5, 5.41) is 0.666. The highest BCUT2D eigenvalue weighted by Gasteiger charge is 2.45. The van der Waals surface area contributed by atoms with Crippen LogP contribution in [-0.4, -0.2) is 23.0 Å². The Bertz CT molecular complexity index is 682. The maximum absolute atomic E-state index is 6.31. The fourth-order valence-corrected chi connectivity index (χ4v) is 3.80. The second-order valence-electron chi connectivity index (χ2n) is 5.62. The molecule has 1 aliphatic rings. The number of hydrogen-bond acceptors (Lipinski definition) is 2. The SMILES string of the molecule is Cc1ccc(N2CCN(c3cccc(Cl)c3)C2C(Cl)(Cl)Cl)cc1. The van der Waals surface area contributed by atoms with Crippen molar-refractivity contribution in [2.45, 2.75) is 16.9 Å². The van der Waals surface area contributed by atoms with Crippen LogP contribution in [0.5, 0.6) is 0 Å². The Morgan fingerprint density at radius 3 is 2.09 bits per heavy atom. The van der Waals surface area contributed by atoms with E-state index >= 15 is 0 Å². The van der Waals surface area contributed by atoms with Gasteiger partial charge in [-0.15, -0.1) is 0 Å². The molecule has 0 saturated carbocycles. The summed E-state index contributed by atoms with van der Waals surface area (Å²) in [6.07, 6.45) is -0.395. The van der Waals surface area contributed by atoms with E-state index in [0.29, 0.717) is 5.02 Å². The van der Waals surface area contributed by atoms with Crippen LogP contribution >= 0.6 is 46.4 Å². The Kier molecular flexibility index (Phi) is 4.89. The van der Waals surface area contributed by atoms with E-state index in [1.807, 2.05) is 24.3 Å². The zero-order chi connectivity index (χ0) is 16.6. The molecule has 2 aromatic rings. The molecule has 1 unspecified atom stereocenters. The van der Waals surface area contributed by atoms with Crippen LogP contribution < -0.4 is 9.80 Å². The van der Waals surface area contributed by atoms with Crippen molar-refractivity contribution in [2.75, 3.05) is 22.9 Å². The Labute approximate surface area is 156 Å². The molecule has 0 radical (unpaired) electrons. The van der Waals surface area contributed by atoms with Crippen molar-refractivity contribution in [1.82, 2.24) is 0 Å². The quantitative estimate of drug-likeness (QED) is 0.610. The van der Waals surface area contributed by atoms with Crippen LogP contribution in [0.25, 0.3) is 0 Å². The first-order valence-electron chi connectivity index (χ1n) is 7.28. The maximum atomic E-state index is 6.31. The van der Waals surface area contributed by atoms with Gasteiger partial charge in [-0.2, -0.15) is 0 Å². The van der Waals surface area contributed by atoms with Crippen LogP contribution in [0.1, 0.15) is 5.56 Å². The summed E-state index contributed by atoms with van der Waals surface area (Å²) in [5.41, 5.74) is 3.19. The fraction of sp³-hybridized carbons (Fsp3) is 0.294. The average Bonchev–Trinajstić information content (AvgIpc) is 2.93. The zero-order valence-electron chi connectivity index (χ0n) is 12.5. The second kappa shape index (κ2) is 6.60. The number of hydrogen-bond donors (Lipinski definition) is 0. The highest BCUT2D eigenvalue weighted by Crippen LogP contribution is 2.42.